The maximum atomic E-state index is 11.9. The molecule has 2 aromatic rings. The van der Waals surface area contributed by atoms with Crippen molar-refractivity contribution < 1.29 is 23.5 Å². The minimum absolute atomic E-state index is 0.125. The van der Waals surface area contributed by atoms with Gasteiger partial charge in [-0.1, -0.05) is 19.1 Å². The van der Waals surface area contributed by atoms with E-state index in [1.165, 1.54) is 6.26 Å². The van der Waals surface area contributed by atoms with E-state index in [9.17, 15) is 9.59 Å². The highest BCUT2D eigenvalue weighted by atomic mass is 16.6. The Hall–Kier alpha value is -3.15. The van der Waals surface area contributed by atoms with E-state index < -0.39 is 5.97 Å². The Kier molecular flexibility index (Phi) is 4.05. The molecule has 23 heavy (non-hydrogen) atoms. The van der Waals surface area contributed by atoms with Crippen LogP contribution in [0, 0.1) is 0 Å². The number of rotatable bonds is 4. The molecule has 116 valence electrons. The zero-order valence-electron chi connectivity index (χ0n) is 12.3. The monoisotopic (exact) mass is 311 g/mol. The maximum absolute atomic E-state index is 11.9. The molecule has 0 saturated carbocycles. The first kappa shape index (κ1) is 14.8. The Balaban J connectivity index is 1.85. The molecule has 0 aliphatic carbocycles. The molecule has 2 heterocycles. The largest absolute Gasteiger partial charge is 0.459 e. The molecule has 1 aliphatic rings. The summed E-state index contributed by atoms with van der Waals surface area (Å²) in [5.74, 6) is 0.0283. The van der Waals surface area contributed by atoms with Gasteiger partial charge in [0.15, 0.2) is 11.5 Å². The molecule has 1 aromatic carbocycles. The number of hydrogen-bond acceptors (Lipinski definition) is 6. The van der Waals surface area contributed by atoms with Crippen LogP contribution in [0.3, 0.4) is 0 Å². The van der Waals surface area contributed by atoms with Gasteiger partial charge in [-0.15, -0.1) is 0 Å². The first-order valence-corrected chi connectivity index (χ1v) is 7.03. The number of nitrogens with zero attached hydrogens (tertiary/aromatic N) is 1. The summed E-state index contributed by atoms with van der Waals surface area (Å²) in [6.45, 7) is 1.72. The predicted molar refractivity (Wildman–Crippen MR) is 81.7 cm³/mol. The zero-order chi connectivity index (χ0) is 16.2. The lowest BCUT2D eigenvalue weighted by Crippen LogP contribution is -2.05. The number of aliphatic imine (C=N–C) groups is 1. The van der Waals surface area contributed by atoms with E-state index in [0.717, 1.165) is 0 Å². The molecule has 0 fully saturated rings. The molecule has 0 spiro atoms. The first-order chi connectivity index (χ1) is 11.2. The number of cyclic esters (lactones) is 1. The smallest absolute Gasteiger partial charge is 0.363 e. The second-order valence-corrected chi connectivity index (χ2v) is 4.71. The molecule has 1 aliphatic heterocycles. The van der Waals surface area contributed by atoms with Crippen LogP contribution in [0.4, 0.5) is 0 Å². The number of furan rings is 1. The maximum Gasteiger partial charge on any atom is 0.363 e. The quantitative estimate of drug-likeness (QED) is 0.493. The van der Waals surface area contributed by atoms with Gasteiger partial charge in [0.1, 0.15) is 5.75 Å². The predicted octanol–water partition coefficient (Wildman–Crippen LogP) is 2.94. The first-order valence-electron chi connectivity index (χ1n) is 7.03. The molecule has 1 aromatic heterocycles. The molecular weight excluding hydrogens is 298 g/mol. The molecule has 0 unspecified atom stereocenters. The van der Waals surface area contributed by atoms with Crippen molar-refractivity contribution in [3.05, 3.63) is 59.7 Å². The van der Waals surface area contributed by atoms with E-state index in [4.69, 9.17) is 13.9 Å². The van der Waals surface area contributed by atoms with Crippen LogP contribution in [0.5, 0.6) is 5.75 Å². The van der Waals surface area contributed by atoms with Gasteiger partial charge in [0.05, 0.1) is 6.26 Å². The van der Waals surface area contributed by atoms with Crippen molar-refractivity contribution >= 4 is 23.9 Å². The fourth-order valence-electron chi connectivity index (χ4n) is 1.94. The average Bonchev–Trinajstić information content (AvgIpc) is 3.18. The molecule has 0 bridgehead atoms. The van der Waals surface area contributed by atoms with Crippen molar-refractivity contribution in [2.75, 3.05) is 0 Å². The summed E-state index contributed by atoms with van der Waals surface area (Å²) < 4.78 is 15.4. The second kappa shape index (κ2) is 6.31. The Bertz CT molecular complexity index is 802. The standard InChI is InChI=1S/C17H13NO5/c1-2-15(19)22-12-6-3-5-11(9-12)10-13-17(20)23-16(18-13)14-7-4-8-21-14/h3-10H,2H2,1H3/b13-10-. The van der Waals surface area contributed by atoms with E-state index in [2.05, 4.69) is 4.99 Å². The molecule has 0 amide bonds. The lowest BCUT2D eigenvalue weighted by Gasteiger charge is -2.03. The highest BCUT2D eigenvalue weighted by molar-refractivity contribution is 6.11. The summed E-state index contributed by atoms with van der Waals surface area (Å²) in [5, 5.41) is 0. The highest BCUT2D eigenvalue weighted by Gasteiger charge is 2.25. The molecule has 0 saturated heterocycles. The van der Waals surface area contributed by atoms with Gasteiger partial charge in [0.25, 0.3) is 5.90 Å². The lowest BCUT2D eigenvalue weighted by atomic mass is 10.2. The van der Waals surface area contributed by atoms with Gasteiger partial charge in [-0.3, -0.25) is 4.79 Å². The SMILES string of the molecule is CCC(=O)Oc1cccc(/C=C2\N=C(c3ccco3)OC2=O)c1. The Labute approximate surface area is 132 Å². The van der Waals surface area contributed by atoms with Crippen LogP contribution >= 0.6 is 0 Å². The van der Waals surface area contributed by atoms with Gasteiger partial charge < -0.3 is 13.9 Å². The van der Waals surface area contributed by atoms with Crippen LogP contribution in [-0.4, -0.2) is 17.8 Å². The van der Waals surface area contributed by atoms with Crippen LogP contribution in [0.1, 0.15) is 24.7 Å². The van der Waals surface area contributed by atoms with Crippen LogP contribution < -0.4 is 4.74 Å². The Morgan fingerprint density at radius 2 is 2.17 bits per heavy atom. The third kappa shape index (κ3) is 3.37. The van der Waals surface area contributed by atoms with Gasteiger partial charge in [0.2, 0.25) is 0 Å². The number of hydrogen-bond donors (Lipinski definition) is 0. The normalized spacial score (nSPS) is 15.4. The van der Waals surface area contributed by atoms with Crippen molar-refractivity contribution in [1.82, 2.24) is 0 Å². The summed E-state index contributed by atoms with van der Waals surface area (Å²) in [7, 11) is 0. The minimum Gasteiger partial charge on any atom is -0.459 e. The summed E-state index contributed by atoms with van der Waals surface area (Å²) in [4.78, 5) is 27.3. The summed E-state index contributed by atoms with van der Waals surface area (Å²) in [6.07, 6.45) is 3.31. The highest BCUT2D eigenvalue weighted by Crippen LogP contribution is 2.21. The van der Waals surface area contributed by atoms with Gasteiger partial charge in [-0.2, -0.15) is 0 Å². The van der Waals surface area contributed by atoms with Crippen molar-refractivity contribution in [1.29, 1.82) is 0 Å². The second-order valence-electron chi connectivity index (χ2n) is 4.71. The number of ether oxygens (including phenoxy) is 2. The van der Waals surface area contributed by atoms with Crippen LogP contribution in [-0.2, 0) is 14.3 Å². The molecule has 0 radical (unpaired) electrons. The fourth-order valence-corrected chi connectivity index (χ4v) is 1.94. The van der Waals surface area contributed by atoms with Gasteiger partial charge in [-0.05, 0) is 35.9 Å². The van der Waals surface area contributed by atoms with Crippen molar-refractivity contribution in [2.24, 2.45) is 4.99 Å². The molecule has 3 rings (SSSR count). The minimum atomic E-state index is -0.563. The van der Waals surface area contributed by atoms with E-state index in [1.54, 1.807) is 49.4 Å². The average molecular weight is 311 g/mol. The molecule has 0 N–H and O–H groups in total. The molecule has 0 atom stereocenters. The number of carbonyl (C=O) groups is 2. The third-order valence-corrected chi connectivity index (χ3v) is 3.03. The fraction of sp³-hybridized carbons (Fsp3) is 0.118. The van der Waals surface area contributed by atoms with Crippen LogP contribution in [0.25, 0.3) is 6.08 Å². The van der Waals surface area contributed by atoms with E-state index in [1.807, 2.05) is 0 Å². The number of benzene rings is 1. The number of esters is 2. The molecule has 6 heteroatoms. The zero-order valence-corrected chi connectivity index (χ0v) is 12.3. The molecule has 6 nitrogen and oxygen atoms in total. The number of carbonyl (C=O) groups excluding carboxylic acids is 2. The summed E-state index contributed by atoms with van der Waals surface area (Å²) in [6, 6.07) is 10.1. The summed E-state index contributed by atoms with van der Waals surface area (Å²) in [5.41, 5.74) is 0.818. The van der Waals surface area contributed by atoms with Crippen LogP contribution in [0.15, 0.2) is 57.8 Å². The van der Waals surface area contributed by atoms with Crippen molar-refractivity contribution in [3.63, 3.8) is 0 Å². The molecular formula is C17H13NO5. The van der Waals surface area contributed by atoms with Gasteiger partial charge in [0, 0.05) is 6.42 Å². The van der Waals surface area contributed by atoms with Crippen molar-refractivity contribution in [2.45, 2.75) is 13.3 Å². The topological polar surface area (TPSA) is 78.1 Å². The third-order valence-electron chi connectivity index (χ3n) is 3.03. The van der Waals surface area contributed by atoms with Gasteiger partial charge in [-0.25, -0.2) is 9.79 Å². The van der Waals surface area contributed by atoms with Gasteiger partial charge >= 0.3 is 11.9 Å². The van der Waals surface area contributed by atoms with Crippen LogP contribution in [0.2, 0.25) is 0 Å². The Morgan fingerprint density at radius 3 is 2.91 bits per heavy atom. The summed E-state index contributed by atoms with van der Waals surface area (Å²) >= 11 is 0. The lowest BCUT2D eigenvalue weighted by molar-refractivity contribution is -0.134. The van der Waals surface area contributed by atoms with E-state index in [-0.39, 0.29) is 24.0 Å². The Morgan fingerprint density at radius 1 is 1.30 bits per heavy atom. The van der Waals surface area contributed by atoms with E-state index >= 15 is 0 Å². The van der Waals surface area contributed by atoms with E-state index in [0.29, 0.717) is 17.1 Å². The van der Waals surface area contributed by atoms with Crippen molar-refractivity contribution in [3.8, 4) is 5.75 Å².